The predicted molar refractivity (Wildman–Crippen MR) is 169 cm³/mol. The SMILES string of the molecule is CC.Fc1c(-c2cccc3cccc(Cl)c23)ncc2c(N3CC4CCC(C3)N4)nc(OCC34CCCN3CCOC4)nc12. The van der Waals surface area contributed by atoms with Crippen molar-refractivity contribution in [2.75, 3.05) is 50.9 Å². The van der Waals surface area contributed by atoms with E-state index < -0.39 is 5.82 Å². The van der Waals surface area contributed by atoms with Crippen molar-refractivity contribution in [2.45, 2.75) is 57.2 Å². The molecular weight excluding hydrogens is 567 g/mol. The first-order valence-electron chi connectivity index (χ1n) is 15.6. The van der Waals surface area contributed by atoms with E-state index in [2.05, 4.69) is 25.1 Å². The Morgan fingerprint density at radius 2 is 1.88 bits per heavy atom. The maximum atomic E-state index is 16.6. The van der Waals surface area contributed by atoms with Crippen LogP contribution in [-0.4, -0.2) is 83.5 Å². The maximum absolute atomic E-state index is 16.6. The monoisotopic (exact) mass is 604 g/mol. The molecule has 226 valence electrons. The molecule has 0 spiro atoms. The second kappa shape index (κ2) is 11.8. The summed E-state index contributed by atoms with van der Waals surface area (Å²) in [6.07, 6.45) is 6.07. The number of pyridine rings is 1. The first-order chi connectivity index (χ1) is 21.1. The van der Waals surface area contributed by atoms with Crippen LogP contribution in [0.1, 0.15) is 39.5 Å². The van der Waals surface area contributed by atoms with Gasteiger partial charge in [0, 0.05) is 53.9 Å². The van der Waals surface area contributed by atoms with Gasteiger partial charge in [-0.3, -0.25) is 9.88 Å². The molecule has 3 unspecified atom stereocenters. The number of ether oxygens (including phenoxy) is 2. The van der Waals surface area contributed by atoms with Crippen LogP contribution in [0, 0.1) is 5.82 Å². The van der Waals surface area contributed by atoms with Gasteiger partial charge in [-0.05, 0) is 43.7 Å². The van der Waals surface area contributed by atoms with E-state index in [1.165, 1.54) is 0 Å². The molecule has 10 heteroatoms. The summed E-state index contributed by atoms with van der Waals surface area (Å²) in [5.41, 5.74) is 0.876. The standard InChI is InChI=1S/C31H32ClFN6O2.C2H6/c32-24-7-2-5-19-4-1-6-22(25(19)24)27-26(33)28-23(14-34-27)29(38-15-20-8-9-21(16-38)35-20)37-30(36-28)41-18-31-10-3-11-39(31)12-13-40-17-31;1-2/h1-2,4-7,14,20-21,35H,3,8-13,15-18H2;1-2H3. The van der Waals surface area contributed by atoms with Crippen molar-refractivity contribution in [3.05, 3.63) is 53.4 Å². The Hall–Kier alpha value is -3.11. The van der Waals surface area contributed by atoms with Gasteiger partial charge >= 0.3 is 6.01 Å². The lowest BCUT2D eigenvalue weighted by Gasteiger charge is -2.41. The molecule has 4 aliphatic heterocycles. The van der Waals surface area contributed by atoms with E-state index in [-0.39, 0.29) is 22.8 Å². The third-order valence-corrected chi connectivity index (χ3v) is 9.67. The van der Waals surface area contributed by atoms with E-state index in [4.69, 9.17) is 26.1 Å². The number of nitrogens with one attached hydrogen (secondary N) is 1. The topological polar surface area (TPSA) is 75.6 Å². The third kappa shape index (κ3) is 5.10. The summed E-state index contributed by atoms with van der Waals surface area (Å²) in [7, 11) is 0. The molecule has 3 atom stereocenters. The maximum Gasteiger partial charge on any atom is 0.319 e. The number of benzene rings is 2. The number of aromatic nitrogens is 3. The van der Waals surface area contributed by atoms with Crippen LogP contribution in [0.25, 0.3) is 32.9 Å². The molecule has 6 heterocycles. The minimum Gasteiger partial charge on any atom is -0.461 e. The van der Waals surface area contributed by atoms with Crippen LogP contribution in [0.5, 0.6) is 6.01 Å². The van der Waals surface area contributed by atoms with Gasteiger partial charge in [0.15, 0.2) is 5.82 Å². The number of anilines is 1. The van der Waals surface area contributed by atoms with E-state index >= 15 is 4.39 Å². The highest BCUT2D eigenvalue weighted by atomic mass is 35.5. The minimum atomic E-state index is -0.497. The highest BCUT2D eigenvalue weighted by Gasteiger charge is 2.44. The average Bonchev–Trinajstić information content (AvgIpc) is 3.63. The minimum absolute atomic E-state index is 0.188. The zero-order chi connectivity index (χ0) is 29.6. The quantitative estimate of drug-likeness (QED) is 0.304. The van der Waals surface area contributed by atoms with Crippen LogP contribution in [-0.2, 0) is 4.74 Å². The summed E-state index contributed by atoms with van der Waals surface area (Å²) in [5.74, 6) is 0.182. The summed E-state index contributed by atoms with van der Waals surface area (Å²) in [4.78, 5) is 18.9. The van der Waals surface area contributed by atoms with Crippen molar-refractivity contribution < 1.29 is 13.9 Å². The van der Waals surface area contributed by atoms with Gasteiger partial charge in [-0.15, -0.1) is 0 Å². The molecule has 2 aromatic carbocycles. The van der Waals surface area contributed by atoms with Gasteiger partial charge < -0.3 is 19.7 Å². The molecule has 0 saturated carbocycles. The Morgan fingerprint density at radius 3 is 2.70 bits per heavy atom. The highest BCUT2D eigenvalue weighted by molar-refractivity contribution is 6.36. The second-order valence-electron chi connectivity index (χ2n) is 11.9. The van der Waals surface area contributed by atoms with Crippen LogP contribution >= 0.6 is 11.6 Å². The van der Waals surface area contributed by atoms with Crippen LogP contribution in [0.2, 0.25) is 5.02 Å². The van der Waals surface area contributed by atoms with E-state index in [0.717, 1.165) is 69.2 Å². The number of nitrogens with zero attached hydrogens (tertiary/aromatic N) is 5. The summed E-state index contributed by atoms with van der Waals surface area (Å²) in [5, 5.41) is 6.51. The first-order valence-corrected chi connectivity index (χ1v) is 16.0. The number of hydrogen-bond acceptors (Lipinski definition) is 8. The Morgan fingerprint density at radius 1 is 1.09 bits per heavy atom. The van der Waals surface area contributed by atoms with Gasteiger partial charge in [-0.1, -0.05) is 55.8 Å². The third-order valence-electron chi connectivity index (χ3n) is 9.36. The molecular formula is C33H38ClFN6O2. The van der Waals surface area contributed by atoms with Crippen molar-refractivity contribution in [1.82, 2.24) is 25.2 Å². The van der Waals surface area contributed by atoms with E-state index in [1.54, 1.807) is 6.20 Å². The van der Waals surface area contributed by atoms with Gasteiger partial charge in [-0.2, -0.15) is 9.97 Å². The van der Waals surface area contributed by atoms with Crippen molar-refractivity contribution in [2.24, 2.45) is 0 Å². The molecule has 43 heavy (non-hydrogen) atoms. The number of fused-ring (bicyclic) bond motifs is 5. The van der Waals surface area contributed by atoms with Crippen LogP contribution in [0.4, 0.5) is 10.2 Å². The first kappa shape index (κ1) is 28.6. The largest absolute Gasteiger partial charge is 0.461 e. The van der Waals surface area contributed by atoms with E-state index in [9.17, 15) is 0 Å². The molecule has 4 saturated heterocycles. The van der Waals surface area contributed by atoms with E-state index in [1.807, 2.05) is 50.2 Å². The fraction of sp³-hybridized carbons (Fsp3) is 0.485. The lowest BCUT2D eigenvalue weighted by atomic mass is 9.97. The van der Waals surface area contributed by atoms with Gasteiger partial charge in [0.05, 0.1) is 24.1 Å². The lowest BCUT2D eigenvalue weighted by molar-refractivity contribution is -0.0664. The Labute approximate surface area is 256 Å². The fourth-order valence-corrected chi connectivity index (χ4v) is 7.61. The summed E-state index contributed by atoms with van der Waals surface area (Å²) >= 11 is 6.60. The lowest BCUT2D eigenvalue weighted by Crippen LogP contribution is -2.56. The highest BCUT2D eigenvalue weighted by Crippen LogP contribution is 2.38. The van der Waals surface area contributed by atoms with Gasteiger partial charge in [0.25, 0.3) is 0 Å². The molecule has 0 aliphatic carbocycles. The predicted octanol–water partition coefficient (Wildman–Crippen LogP) is 5.85. The number of halogens is 2. The second-order valence-corrected chi connectivity index (χ2v) is 12.3. The molecule has 4 aromatic rings. The van der Waals surface area contributed by atoms with Gasteiger partial charge in [-0.25, -0.2) is 4.39 Å². The van der Waals surface area contributed by atoms with Gasteiger partial charge in [0.1, 0.15) is 23.6 Å². The van der Waals surface area contributed by atoms with E-state index in [0.29, 0.717) is 47.1 Å². The molecule has 2 bridgehead atoms. The molecule has 0 amide bonds. The normalized spacial score (nSPS) is 25.1. The Kier molecular flexibility index (Phi) is 7.84. The Balaban J connectivity index is 0.00000147. The van der Waals surface area contributed by atoms with Crippen molar-refractivity contribution in [3.8, 4) is 17.3 Å². The number of rotatable bonds is 5. The zero-order valence-corrected chi connectivity index (χ0v) is 25.5. The summed E-state index contributed by atoms with van der Waals surface area (Å²) in [6.45, 7) is 9.31. The molecule has 4 fully saturated rings. The van der Waals surface area contributed by atoms with Crippen LogP contribution in [0.15, 0.2) is 42.6 Å². The average molecular weight is 605 g/mol. The number of piperazine rings is 1. The molecule has 8 nitrogen and oxygen atoms in total. The molecule has 0 radical (unpaired) electrons. The molecule has 2 aromatic heterocycles. The van der Waals surface area contributed by atoms with Crippen LogP contribution in [0.3, 0.4) is 0 Å². The van der Waals surface area contributed by atoms with Gasteiger partial charge in [0.2, 0.25) is 0 Å². The number of morpholine rings is 1. The number of hydrogen-bond donors (Lipinski definition) is 1. The van der Waals surface area contributed by atoms with Crippen molar-refractivity contribution >= 4 is 39.1 Å². The molecule has 1 N–H and O–H groups in total. The molecule has 4 aliphatic rings. The zero-order valence-electron chi connectivity index (χ0n) is 24.8. The summed E-state index contributed by atoms with van der Waals surface area (Å²) in [6, 6.07) is 12.4. The molecule has 8 rings (SSSR count). The fourth-order valence-electron chi connectivity index (χ4n) is 7.33. The summed E-state index contributed by atoms with van der Waals surface area (Å²) < 4.78 is 28.8. The van der Waals surface area contributed by atoms with Crippen molar-refractivity contribution in [1.29, 1.82) is 0 Å². The van der Waals surface area contributed by atoms with Crippen LogP contribution < -0.4 is 15.0 Å². The smallest absolute Gasteiger partial charge is 0.319 e. The Bertz CT molecular complexity index is 1640. The van der Waals surface area contributed by atoms with Crippen molar-refractivity contribution in [3.63, 3.8) is 0 Å².